The summed E-state index contributed by atoms with van der Waals surface area (Å²) in [5, 5.41) is 3.84. The fourth-order valence-corrected chi connectivity index (χ4v) is 2.21. The number of carbonyl (C=O) groups is 1. The van der Waals surface area contributed by atoms with Crippen LogP contribution in [0, 0.1) is 0 Å². The lowest BCUT2D eigenvalue weighted by atomic mass is 9.91. The van der Waals surface area contributed by atoms with Crippen molar-refractivity contribution in [3.8, 4) is 0 Å². The van der Waals surface area contributed by atoms with Crippen LogP contribution in [-0.2, 0) is 14.4 Å². The van der Waals surface area contributed by atoms with Crippen LogP contribution < -0.4 is 0 Å². The second kappa shape index (κ2) is 3.70. The van der Waals surface area contributed by atoms with E-state index in [4.69, 9.17) is 9.57 Å². The van der Waals surface area contributed by atoms with E-state index in [1.54, 1.807) is 0 Å². The van der Waals surface area contributed by atoms with Crippen LogP contribution in [0.5, 0.6) is 0 Å². The molecule has 0 saturated heterocycles. The van der Waals surface area contributed by atoms with E-state index in [-0.39, 0.29) is 5.60 Å². The molecule has 4 heteroatoms. The molecule has 0 saturated carbocycles. The summed E-state index contributed by atoms with van der Waals surface area (Å²) < 4.78 is 5.94. The molecule has 0 amide bonds. The number of fused-ring (bicyclic) bond motifs is 1. The summed E-state index contributed by atoms with van der Waals surface area (Å²) in [6.45, 7) is 3.94. The lowest BCUT2D eigenvalue weighted by molar-refractivity contribution is -0.136. The number of rotatable bonds is 1. The first-order valence-electron chi connectivity index (χ1n) is 5.84. The van der Waals surface area contributed by atoms with E-state index in [0.29, 0.717) is 23.5 Å². The highest BCUT2D eigenvalue weighted by molar-refractivity contribution is 6.27. The molecule has 0 spiro atoms. The topological polar surface area (TPSA) is 47.9 Å². The molecule has 2 heterocycles. The summed E-state index contributed by atoms with van der Waals surface area (Å²) in [6, 6.07) is 9.56. The Labute approximate surface area is 105 Å². The van der Waals surface area contributed by atoms with Crippen molar-refractivity contribution in [1.82, 2.24) is 0 Å². The number of hydrogen-bond donors (Lipinski definition) is 0. The van der Waals surface area contributed by atoms with E-state index in [1.165, 1.54) is 0 Å². The van der Waals surface area contributed by atoms with Gasteiger partial charge >= 0.3 is 5.97 Å². The van der Waals surface area contributed by atoms with Gasteiger partial charge in [0.15, 0.2) is 0 Å². The molecule has 1 aromatic carbocycles. The number of hydrogen-bond acceptors (Lipinski definition) is 4. The summed E-state index contributed by atoms with van der Waals surface area (Å²) in [6.07, 6.45) is 0.574. The molecule has 2 aliphatic rings. The summed E-state index contributed by atoms with van der Waals surface area (Å²) in [5.41, 5.74) is 1.61. The molecule has 18 heavy (non-hydrogen) atoms. The molecular formula is C14H13NO3. The highest BCUT2D eigenvalue weighted by Crippen LogP contribution is 2.37. The fourth-order valence-electron chi connectivity index (χ4n) is 2.21. The Morgan fingerprint density at radius 3 is 2.67 bits per heavy atom. The van der Waals surface area contributed by atoms with Crippen LogP contribution in [0.4, 0.5) is 0 Å². The van der Waals surface area contributed by atoms with Gasteiger partial charge in [0.05, 0.1) is 0 Å². The van der Waals surface area contributed by atoms with Crippen LogP contribution in [0.15, 0.2) is 41.1 Å². The fraction of sp³-hybridized carbons (Fsp3) is 0.286. The quantitative estimate of drug-likeness (QED) is 0.712. The van der Waals surface area contributed by atoms with Gasteiger partial charge in [0, 0.05) is 12.0 Å². The SMILES string of the molecule is CC1(C)CC2=NOC(=O)C2=C(c2ccccc2)O1. The Morgan fingerprint density at radius 2 is 1.94 bits per heavy atom. The predicted molar refractivity (Wildman–Crippen MR) is 66.7 cm³/mol. The summed E-state index contributed by atoms with van der Waals surface area (Å²) in [7, 11) is 0. The van der Waals surface area contributed by atoms with Gasteiger partial charge in [-0.3, -0.25) is 0 Å². The zero-order valence-corrected chi connectivity index (χ0v) is 10.3. The first-order chi connectivity index (χ1) is 8.57. The van der Waals surface area contributed by atoms with Gasteiger partial charge in [0.2, 0.25) is 0 Å². The van der Waals surface area contributed by atoms with Gasteiger partial charge in [0.1, 0.15) is 22.6 Å². The van der Waals surface area contributed by atoms with Crippen molar-refractivity contribution in [3.63, 3.8) is 0 Å². The van der Waals surface area contributed by atoms with Crippen LogP contribution in [0.2, 0.25) is 0 Å². The van der Waals surface area contributed by atoms with E-state index in [0.717, 1.165) is 5.56 Å². The van der Waals surface area contributed by atoms with Gasteiger partial charge in [-0.2, -0.15) is 0 Å². The number of carbonyl (C=O) groups excluding carboxylic acids is 1. The minimum absolute atomic E-state index is 0.387. The first-order valence-corrected chi connectivity index (χ1v) is 5.84. The maximum Gasteiger partial charge on any atom is 0.371 e. The molecule has 0 N–H and O–H groups in total. The van der Waals surface area contributed by atoms with E-state index in [9.17, 15) is 4.79 Å². The van der Waals surface area contributed by atoms with E-state index < -0.39 is 5.97 Å². The van der Waals surface area contributed by atoms with Crippen molar-refractivity contribution in [3.05, 3.63) is 41.5 Å². The summed E-state index contributed by atoms with van der Waals surface area (Å²) in [5.74, 6) is 0.132. The van der Waals surface area contributed by atoms with E-state index in [2.05, 4.69) is 5.16 Å². The number of benzene rings is 1. The second-order valence-electron chi connectivity index (χ2n) is 5.03. The van der Waals surface area contributed by atoms with Gasteiger partial charge in [-0.05, 0) is 13.8 Å². The minimum atomic E-state index is -0.431. The molecule has 4 nitrogen and oxygen atoms in total. The standard InChI is InChI=1S/C14H13NO3/c1-14(2)8-10-11(13(16)18-15-10)12(17-14)9-6-4-3-5-7-9/h3-7H,8H2,1-2H3. The molecule has 0 aliphatic carbocycles. The first kappa shape index (κ1) is 11.0. The Hall–Kier alpha value is -2.10. The largest absolute Gasteiger partial charge is 0.486 e. The third kappa shape index (κ3) is 1.70. The van der Waals surface area contributed by atoms with Crippen molar-refractivity contribution in [1.29, 1.82) is 0 Å². The molecule has 0 fully saturated rings. The Kier molecular flexibility index (Phi) is 2.26. The Bertz CT molecular complexity index is 570. The average Bonchev–Trinajstić information content (AvgIpc) is 2.69. The van der Waals surface area contributed by atoms with Gasteiger partial charge in [-0.25, -0.2) is 4.79 Å². The molecule has 0 unspecified atom stereocenters. The number of oxime groups is 1. The second-order valence-corrected chi connectivity index (χ2v) is 5.03. The zero-order valence-electron chi connectivity index (χ0n) is 10.3. The van der Waals surface area contributed by atoms with E-state index >= 15 is 0 Å². The molecule has 0 aromatic heterocycles. The predicted octanol–water partition coefficient (Wildman–Crippen LogP) is 2.51. The Balaban J connectivity index is 2.17. The molecular weight excluding hydrogens is 230 g/mol. The Morgan fingerprint density at radius 1 is 1.22 bits per heavy atom. The van der Waals surface area contributed by atoms with Crippen molar-refractivity contribution >= 4 is 17.4 Å². The molecule has 92 valence electrons. The van der Waals surface area contributed by atoms with Gasteiger partial charge < -0.3 is 9.57 Å². The highest BCUT2D eigenvalue weighted by Gasteiger charge is 2.41. The van der Waals surface area contributed by atoms with Gasteiger partial charge in [-0.1, -0.05) is 35.5 Å². The molecule has 0 atom stereocenters. The maximum absolute atomic E-state index is 11.7. The molecule has 0 bridgehead atoms. The van der Waals surface area contributed by atoms with Crippen molar-refractivity contribution in [2.24, 2.45) is 5.16 Å². The smallest absolute Gasteiger partial charge is 0.371 e. The van der Waals surface area contributed by atoms with Crippen LogP contribution >= 0.6 is 0 Å². The third-order valence-electron chi connectivity index (χ3n) is 2.97. The minimum Gasteiger partial charge on any atom is -0.486 e. The van der Waals surface area contributed by atoms with E-state index in [1.807, 2.05) is 44.2 Å². The van der Waals surface area contributed by atoms with Crippen molar-refractivity contribution < 1.29 is 14.4 Å². The van der Waals surface area contributed by atoms with Gasteiger partial charge in [-0.15, -0.1) is 0 Å². The highest BCUT2D eigenvalue weighted by atomic mass is 16.7. The molecule has 1 aromatic rings. The van der Waals surface area contributed by atoms with Crippen molar-refractivity contribution in [2.45, 2.75) is 25.9 Å². The normalized spacial score (nSPS) is 21.0. The average molecular weight is 243 g/mol. The number of ether oxygens (including phenoxy) is 1. The van der Waals surface area contributed by atoms with Crippen molar-refractivity contribution in [2.75, 3.05) is 0 Å². The monoisotopic (exact) mass is 243 g/mol. The summed E-state index contributed by atoms with van der Waals surface area (Å²) in [4.78, 5) is 16.5. The van der Waals surface area contributed by atoms with Gasteiger partial charge in [0.25, 0.3) is 0 Å². The molecule has 3 rings (SSSR count). The lowest BCUT2D eigenvalue weighted by Gasteiger charge is -2.32. The van der Waals surface area contributed by atoms with Crippen LogP contribution in [0.1, 0.15) is 25.8 Å². The van der Waals surface area contributed by atoms with Crippen LogP contribution in [-0.4, -0.2) is 17.3 Å². The van der Waals surface area contributed by atoms with Crippen LogP contribution in [0.25, 0.3) is 5.76 Å². The number of nitrogens with zero attached hydrogens (tertiary/aromatic N) is 1. The summed E-state index contributed by atoms with van der Waals surface area (Å²) >= 11 is 0. The zero-order chi connectivity index (χ0) is 12.8. The molecule has 0 radical (unpaired) electrons. The maximum atomic E-state index is 11.7. The third-order valence-corrected chi connectivity index (χ3v) is 2.97. The van der Waals surface area contributed by atoms with Crippen LogP contribution in [0.3, 0.4) is 0 Å². The molecule has 2 aliphatic heterocycles. The lowest BCUT2D eigenvalue weighted by Crippen LogP contribution is -2.33.